The van der Waals surface area contributed by atoms with Gasteiger partial charge in [-0.1, -0.05) is 0 Å². The van der Waals surface area contributed by atoms with Crippen LogP contribution in [0.15, 0.2) is 17.2 Å². The van der Waals surface area contributed by atoms with Gasteiger partial charge in [-0.05, 0) is 6.92 Å². The second-order valence-corrected chi connectivity index (χ2v) is 4.63. The van der Waals surface area contributed by atoms with Crippen LogP contribution in [0.4, 0.5) is 0 Å². The van der Waals surface area contributed by atoms with E-state index in [1.54, 1.807) is 7.11 Å². The van der Waals surface area contributed by atoms with E-state index in [9.17, 15) is 4.79 Å². The predicted octanol–water partition coefficient (Wildman–Crippen LogP) is 1.58. The Morgan fingerprint density at radius 2 is 2.14 bits per heavy atom. The Kier molecular flexibility index (Phi) is 3.47. The van der Waals surface area contributed by atoms with E-state index in [0.29, 0.717) is 36.8 Å². The lowest BCUT2D eigenvalue weighted by Crippen LogP contribution is -2.26. The van der Waals surface area contributed by atoms with Gasteiger partial charge in [0, 0.05) is 25.0 Å². The SMILES string of the molecule is CCOc1cc2[nH]c(C3=NNC(=O)CC3)nc2cc1OC. The molecule has 1 amide bonds. The summed E-state index contributed by atoms with van der Waals surface area (Å²) in [5.41, 5.74) is 4.82. The standard InChI is InChI=1S/C14H16N4O3/c1-3-21-12-7-10-9(6-11(12)20-2)15-14(16-10)8-4-5-13(19)18-17-8/h6-7H,3-5H2,1-2H3,(H,15,16)(H,18,19). The summed E-state index contributed by atoms with van der Waals surface area (Å²) in [5.74, 6) is 1.89. The highest BCUT2D eigenvalue weighted by molar-refractivity contribution is 6.03. The highest BCUT2D eigenvalue weighted by Crippen LogP contribution is 2.31. The molecule has 0 unspecified atom stereocenters. The molecular formula is C14H16N4O3. The molecule has 0 radical (unpaired) electrons. The molecule has 2 aromatic rings. The summed E-state index contributed by atoms with van der Waals surface area (Å²) in [6, 6.07) is 3.68. The molecule has 0 aliphatic carbocycles. The Bertz CT molecular complexity index is 720. The summed E-state index contributed by atoms with van der Waals surface area (Å²) in [4.78, 5) is 18.8. The Morgan fingerprint density at radius 3 is 2.81 bits per heavy atom. The Balaban J connectivity index is 2.01. The molecule has 3 rings (SSSR count). The van der Waals surface area contributed by atoms with Crippen LogP contribution in [0.5, 0.6) is 11.5 Å². The fraction of sp³-hybridized carbons (Fsp3) is 0.357. The zero-order valence-corrected chi connectivity index (χ0v) is 11.9. The third-order valence-corrected chi connectivity index (χ3v) is 3.24. The Hall–Kier alpha value is -2.57. The van der Waals surface area contributed by atoms with E-state index in [1.807, 2.05) is 19.1 Å². The normalized spacial score (nSPS) is 14.8. The zero-order chi connectivity index (χ0) is 14.8. The molecule has 1 aromatic carbocycles. The molecule has 1 aromatic heterocycles. The number of aromatic amines is 1. The number of rotatable bonds is 4. The average molecular weight is 288 g/mol. The average Bonchev–Trinajstić information content (AvgIpc) is 2.90. The third-order valence-electron chi connectivity index (χ3n) is 3.24. The number of carbonyl (C=O) groups is 1. The maximum atomic E-state index is 11.1. The van der Waals surface area contributed by atoms with E-state index >= 15 is 0 Å². The monoisotopic (exact) mass is 288 g/mol. The van der Waals surface area contributed by atoms with Crippen LogP contribution in [-0.4, -0.2) is 35.3 Å². The lowest BCUT2D eigenvalue weighted by molar-refractivity contribution is -0.121. The molecule has 21 heavy (non-hydrogen) atoms. The summed E-state index contributed by atoms with van der Waals surface area (Å²) in [5, 5.41) is 4.04. The highest BCUT2D eigenvalue weighted by atomic mass is 16.5. The van der Waals surface area contributed by atoms with Crippen molar-refractivity contribution in [1.82, 2.24) is 15.4 Å². The van der Waals surface area contributed by atoms with Crippen molar-refractivity contribution in [1.29, 1.82) is 0 Å². The van der Waals surface area contributed by atoms with E-state index < -0.39 is 0 Å². The largest absolute Gasteiger partial charge is 0.493 e. The molecule has 0 fully saturated rings. The Labute approximate surface area is 121 Å². The topological polar surface area (TPSA) is 88.6 Å². The number of nitrogens with zero attached hydrogens (tertiary/aromatic N) is 2. The first kappa shape index (κ1) is 13.4. The molecule has 7 heteroatoms. The van der Waals surface area contributed by atoms with Crippen molar-refractivity contribution in [2.75, 3.05) is 13.7 Å². The van der Waals surface area contributed by atoms with Crippen molar-refractivity contribution in [3.8, 4) is 11.5 Å². The summed E-state index contributed by atoms with van der Waals surface area (Å²) in [7, 11) is 1.60. The minimum Gasteiger partial charge on any atom is -0.493 e. The molecule has 0 saturated heterocycles. The number of amides is 1. The summed E-state index contributed by atoms with van der Waals surface area (Å²) < 4.78 is 10.9. The maximum Gasteiger partial charge on any atom is 0.240 e. The Morgan fingerprint density at radius 1 is 1.29 bits per heavy atom. The number of hydrogen-bond donors (Lipinski definition) is 2. The molecule has 110 valence electrons. The van der Waals surface area contributed by atoms with Gasteiger partial charge in [0.2, 0.25) is 5.91 Å². The van der Waals surface area contributed by atoms with Gasteiger partial charge in [0.1, 0.15) is 5.71 Å². The van der Waals surface area contributed by atoms with Crippen LogP contribution >= 0.6 is 0 Å². The summed E-state index contributed by atoms with van der Waals surface area (Å²) >= 11 is 0. The van der Waals surface area contributed by atoms with Crippen molar-refractivity contribution in [3.63, 3.8) is 0 Å². The van der Waals surface area contributed by atoms with E-state index in [2.05, 4.69) is 20.5 Å². The van der Waals surface area contributed by atoms with Crippen LogP contribution in [0.25, 0.3) is 11.0 Å². The fourth-order valence-corrected chi connectivity index (χ4v) is 2.23. The van der Waals surface area contributed by atoms with Gasteiger partial charge in [0.25, 0.3) is 0 Å². The molecule has 2 N–H and O–H groups in total. The van der Waals surface area contributed by atoms with Crippen molar-refractivity contribution in [2.45, 2.75) is 19.8 Å². The number of carbonyl (C=O) groups excluding carboxylic acids is 1. The highest BCUT2D eigenvalue weighted by Gasteiger charge is 2.17. The van der Waals surface area contributed by atoms with Gasteiger partial charge in [-0.15, -0.1) is 0 Å². The lowest BCUT2D eigenvalue weighted by Gasteiger charge is -2.09. The van der Waals surface area contributed by atoms with Crippen LogP contribution in [0.1, 0.15) is 25.6 Å². The number of ether oxygens (including phenoxy) is 2. The minimum atomic E-state index is -0.0739. The van der Waals surface area contributed by atoms with Crippen LogP contribution in [0, 0.1) is 0 Å². The molecule has 7 nitrogen and oxygen atoms in total. The third kappa shape index (κ3) is 2.54. The lowest BCUT2D eigenvalue weighted by atomic mass is 10.2. The zero-order valence-electron chi connectivity index (χ0n) is 11.9. The van der Waals surface area contributed by atoms with Gasteiger partial charge in [-0.3, -0.25) is 4.79 Å². The molecule has 1 aliphatic rings. The number of hydrogen-bond acceptors (Lipinski definition) is 5. The molecule has 0 bridgehead atoms. The molecule has 0 saturated carbocycles. The van der Waals surface area contributed by atoms with Crippen molar-refractivity contribution in [3.05, 3.63) is 18.0 Å². The smallest absolute Gasteiger partial charge is 0.240 e. The quantitative estimate of drug-likeness (QED) is 0.894. The number of H-pyrrole nitrogens is 1. The van der Waals surface area contributed by atoms with Gasteiger partial charge in [0.05, 0.1) is 24.8 Å². The predicted molar refractivity (Wildman–Crippen MR) is 77.7 cm³/mol. The summed E-state index contributed by atoms with van der Waals surface area (Å²) in [6.07, 6.45) is 0.991. The van der Waals surface area contributed by atoms with Gasteiger partial charge in [-0.25, -0.2) is 10.4 Å². The minimum absolute atomic E-state index is 0.0739. The van der Waals surface area contributed by atoms with Crippen LogP contribution < -0.4 is 14.9 Å². The van der Waals surface area contributed by atoms with Gasteiger partial charge in [0.15, 0.2) is 17.3 Å². The number of nitrogens with one attached hydrogen (secondary N) is 2. The van der Waals surface area contributed by atoms with Crippen molar-refractivity contribution >= 4 is 22.7 Å². The van der Waals surface area contributed by atoms with Crippen LogP contribution in [0.2, 0.25) is 0 Å². The second-order valence-electron chi connectivity index (χ2n) is 4.63. The van der Waals surface area contributed by atoms with Crippen LogP contribution in [0.3, 0.4) is 0 Å². The van der Waals surface area contributed by atoms with Crippen LogP contribution in [-0.2, 0) is 4.79 Å². The first-order chi connectivity index (χ1) is 10.2. The number of fused-ring (bicyclic) bond motifs is 1. The molecule has 2 heterocycles. The number of hydrazone groups is 1. The fourth-order valence-electron chi connectivity index (χ4n) is 2.23. The van der Waals surface area contributed by atoms with Gasteiger partial charge < -0.3 is 14.5 Å². The van der Waals surface area contributed by atoms with E-state index in [0.717, 1.165) is 16.7 Å². The number of imidazole rings is 1. The number of aromatic nitrogens is 2. The van der Waals surface area contributed by atoms with E-state index in [-0.39, 0.29) is 5.91 Å². The second kappa shape index (κ2) is 5.43. The van der Waals surface area contributed by atoms with Crippen molar-refractivity contribution < 1.29 is 14.3 Å². The van der Waals surface area contributed by atoms with Crippen molar-refractivity contribution in [2.24, 2.45) is 5.10 Å². The van der Waals surface area contributed by atoms with Gasteiger partial charge >= 0.3 is 0 Å². The molecule has 0 atom stereocenters. The number of methoxy groups -OCH3 is 1. The first-order valence-corrected chi connectivity index (χ1v) is 6.77. The first-order valence-electron chi connectivity index (χ1n) is 6.77. The maximum absolute atomic E-state index is 11.1. The number of benzene rings is 1. The molecule has 0 spiro atoms. The molecular weight excluding hydrogens is 272 g/mol. The van der Waals surface area contributed by atoms with Gasteiger partial charge in [-0.2, -0.15) is 5.10 Å². The summed E-state index contributed by atoms with van der Waals surface area (Å²) in [6.45, 7) is 2.48. The van der Waals surface area contributed by atoms with E-state index in [1.165, 1.54) is 0 Å². The van der Waals surface area contributed by atoms with E-state index in [4.69, 9.17) is 9.47 Å². The molecule has 1 aliphatic heterocycles.